The van der Waals surface area contributed by atoms with Crippen molar-refractivity contribution in [1.29, 1.82) is 0 Å². The Labute approximate surface area is 226 Å². The number of anilines is 1. The molecule has 1 heterocycles. The first-order valence-corrected chi connectivity index (χ1v) is 11.4. The third-order valence-electron chi connectivity index (χ3n) is 4.80. The van der Waals surface area contributed by atoms with Crippen LogP contribution in [0.25, 0.3) is 0 Å². The van der Waals surface area contributed by atoms with Crippen LogP contribution in [0.15, 0.2) is 48.7 Å². The van der Waals surface area contributed by atoms with Gasteiger partial charge in [-0.05, 0) is 29.8 Å². The van der Waals surface area contributed by atoms with Crippen molar-refractivity contribution in [2.75, 3.05) is 5.32 Å². The maximum Gasteiger partial charge on any atom is 0.393 e. The topological polar surface area (TPSA) is 113 Å². The Morgan fingerprint density at radius 2 is 1.70 bits per heavy atom. The van der Waals surface area contributed by atoms with Crippen molar-refractivity contribution >= 4 is 41.0 Å². The zero-order valence-electron chi connectivity index (χ0n) is 21.2. The van der Waals surface area contributed by atoms with Crippen LogP contribution in [0, 0.1) is 5.82 Å². The van der Waals surface area contributed by atoms with E-state index < -0.39 is 59.2 Å². The van der Waals surface area contributed by atoms with Crippen LogP contribution in [0.3, 0.4) is 0 Å². The summed E-state index contributed by atoms with van der Waals surface area (Å²) in [4.78, 5) is 28.0. The molecule has 2 amide bonds. The van der Waals surface area contributed by atoms with Gasteiger partial charge in [-0.25, -0.2) is 9.37 Å². The minimum atomic E-state index is -4.53. The summed E-state index contributed by atoms with van der Waals surface area (Å²) in [6.07, 6.45) is -4.74. The molecule has 3 N–H and O–H groups in total. The quantitative estimate of drug-likeness (QED) is 0.288. The van der Waals surface area contributed by atoms with Crippen LogP contribution in [-0.2, 0) is 6.42 Å². The molecule has 0 spiro atoms. The first kappa shape index (κ1) is 30.2. The average molecular weight is 565 g/mol. The third-order valence-corrected chi connectivity index (χ3v) is 4.80. The number of amides is 2. The van der Waals surface area contributed by atoms with E-state index in [1.807, 2.05) is 0 Å². The number of nitrogens with one attached hydrogen (secondary N) is 1. The summed E-state index contributed by atoms with van der Waals surface area (Å²) in [5.41, 5.74) is 4.09. The van der Waals surface area contributed by atoms with E-state index in [0.29, 0.717) is 6.07 Å². The van der Waals surface area contributed by atoms with E-state index in [0.717, 1.165) is 30.5 Å². The lowest BCUT2D eigenvalue weighted by Crippen LogP contribution is -2.37. The third kappa shape index (κ3) is 8.61. The summed E-state index contributed by atoms with van der Waals surface area (Å²) >= 11 is 0. The Balaban J connectivity index is 2.06. The fourth-order valence-corrected chi connectivity index (χ4v) is 3.34. The second-order valence-electron chi connectivity index (χ2n) is 9.30. The Morgan fingerprint density at radius 1 is 1.00 bits per heavy atom. The van der Waals surface area contributed by atoms with Crippen molar-refractivity contribution in [2.45, 2.75) is 24.5 Å². The second kappa shape index (κ2) is 11.8. The highest BCUT2D eigenvalue weighted by Gasteiger charge is 2.29. The predicted molar refractivity (Wildman–Crippen MR) is 139 cm³/mol. The van der Waals surface area contributed by atoms with Gasteiger partial charge in [-0.3, -0.25) is 9.59 Å². The highest BCUT2D eigenvalue weighted by Crippen LogP contribution is 2.39. The van der Waals surface area contributed by atoms with Crippen LogP contribution in [0.4, 0.5) is 32.0 Å². The first-order valence-electron chi connectivity index (χ1n) is 11.4. The number of carbonyl (C=O) groups excluding carboxylic acids is 2. The molecular formula is C23H20B3F6N3O5. The Hall–Kier alpha value is -4.30. The van der Waals surface area contributed by atoms with Gasteiger partial charge in [-0.2, -0.15) is 22.0 Å². The average Bonchev–Trinajstić information content (AvgIpc) is 2.78. The molecule has 0 aliphatic carbocycles. The van der Waals surface area contributed by atoms with Crippen LogP contribution in [-0.4, -0.2) is 58.4 Å². The lowest BCUT2D eigenvalue weighted by atomic mass is 9.52. The van der Waals surface area contributed by atoms with Crippen molar-refractivity contribution in [3.63, 3.8) is 0 Å². The van der Waals surface area contributed by atoms with Crippen molar-refractivity contribution in [3.05, 3.63) is 71.3 Å². The first-order chi connectivity index (χ1) is 18.5. The maximum absolute atomic E-state index is 15.1. The number of carbonyl (C=O) groups is 2. The van der Waals surface area contributed by atoms with Crippen LogP contribution < -0.4 is 25.3 Å². The fraction of sp³-hybridized carbons (Fsp3) is 0.174. The highest BCUT2D eigenvalue weighted by atomic mass is 19.4. The maximum atomic E-state index is 15.1. The molecule has 0 radical (unpaired) electrons. The van der Waals surface area contributed by atoms with Crippen LogP contribution in [0.2, 0.25) is 0 Å². The number of nitrogens with zero attached hydrogens (tertiary/aromatic N) is 1. The number of hydrogen-bond acceptors (Lipinski definition) is 6. The van der Waals surface area contributed by atoms with Gasteiger partial charge in [-0.1, -0.05) is 6.07 Å². The molecule has 3 aromatic rings. The molecular weight excluding hydrogens is 545 g/mol. The Kier molecular flexibility index (Phi) is 8.95. The number of ether oxygens (including phenoxy) is 3. The van der Waals surface area contributed by atoms with Crippen LogP contribution >= 0.6 is 0 Å². The molecule has 3 rings (SSSR count). The highest BCUT2D eigenvalue weighted by molar-refractivity contribution is 6.58. The van der Waals surface area contributed by atoms with E-state index in [-0.39, 0.29) is 28.4 Å². The monoisotopic (exact) mass is 565 g/mol. The van der Waals surface area contributed by atoms with Gasteiger partial charge in [0.2, 0.25) is 0 Å². The van der Waals surface area contributed by atoms with Crippen LogP contribution in [0.1, 0.15) is 26.4 Å². The number of aromatic nitrogens is 1. The van der Waals surface area contributed by atoms with E-state index in [4.69, 9.17) is 15.2 Å². The van der Waals surface area contributed by atoms with Crippen molar-refractivity contribution in [1.82, 2.24) is 4.98 Å². The summed E-state index contributed by atoms with van der Waals surface area (Å²) in [6, 6.07) is 7.05. The smallest absolute Gasteiger partial charge is 0.393 e. The van der Waals surface area contributed by atoms with E-state index in [1.165, 1.54) is 12.1 Å². The zero-order valence-corrected chi connectivity index (χ0v) is 21.2. The van der Waals surface area contributed by atoms with Gasteiger partial charge >= 0.3 is 12.8 Å². The molecule has 0 atom stereocenters. The molecule has 0 saturated carbocycles. The van der Waals surface area contributed by atoms with E-state index >= 15 is 4.39 Å². The number of benzene rings is 2. The van der Waals surface area contributed by atoms with Gasteiger partial charge in [-0.15, -0.1) is 0 Å². The van der Waals surface area contributed by atoms with Gasteiger partial charge in [0, 0.05) is 17.4 Å². The molecule has 40 heavy (non-hydrogen) atoms. The molecule has 0 aliphatic heterocycles. The number of pyridine rings is 1. The Bertz CT molecular complexity index is 1400. The summed E-state index contributed by atoms with van der Waals surface area (Å²) < 4.78 is 95.4. The summed E-state index contributed by atoms with van der Waals surface area (Å²) in [5.74, 6) is -5.00. The molecule has 17 heteroatoms. The lowest BCUT2D eigenvalue weighted by molar-refractivity contribution is -0.127. The summed E-state index contributed by atoms with van der Waals surface area (Å²) in [6.45, 7) is -3.34. The summed E-state index contributed by atoms with van der Waals surface area (Å²) in [7, 11) is 4.83. The molecule has 0 bridgehead atoms. The lowest BCUT2D eigenvalue weighted by Gasteiger charge is -2.25. The number of rotatable bonds is 10. The normalized spacial score (nSPS) is 11.7. The zero-order chi connectivity index (χ0) is 29.8. The van der Waals surface area contributed by atoms with E-state index in [2.05, 4.69) is 15.0 Å². The summed E-state index contributed by atoms with van der Waals surface area (Å²) in [5, 5.41) is 1.40. The molecule has 0 fully saturated rings. The van der Waals surface area contributed by atoms with Crippen LogP contribution in [0.5, 0.6) is 23.0 Å². The van der Waals surface area contributed by atoms with Gasteiger partial charge < -0.3 is 25.3 Å². The van der Waals surface area contributed by atoms with Crippen molar-refractivity contribution < 1.29 is 50.1 Å². The molecule has 0 aliphatic rings. The van der Waals surface area contributed by atoms with Gasteiger partial charge in [0.15, 0.2) is 11.5 Å². The van der Waals surface area contributed by atoms with E-state index in [9.17, 15) is 31.5 Å². The van der Waals surface area contributed by atoms with Crippen molar-refractivity contribution in [3.8, 4) is 23.0 Å². The number of alkyl halides is 5. The standard InChI is InChI=1S/C23H20B3F6N3O5/c24-23(25,26)40-16-5-10(8-22(30,31)32)1-4-15(16)39-17-7-12(38-21(28)29)6-13(27)18(17)20(37)35-11-2-3-14(19(33)36)34-9-11/h1-7,9,21H,8,24-26H2,(H2,33,36)(H,35,37). The van der Waals surface area contributed by atoms with Gasteiger partial charge in [0.25, 0.3) is 11.8 Å². The number of halogens is 6. The van der Waals surface area contributed by atoms with E-state index in [1.54, 1.807) is 23.5 Å². The van der Waals surface area contributed by atoms with Crippen molar-refractivity contribution in [2.24, 2.45) is 5.73 Å². The second-order valence-corrected chi connectivity index (χ2v) is 9.30. The SMILES string of the molecule is BC(B)(B)Oc1cc(CC(F)(F)F)ccc1Oc1cc(OC(F)F)cc(F)c1C(=O)Nc1ccc(C(N)=O)nc1. The molecule has 0 unspecified atom stereocenters. The van der Waals surface area contributed by atoms with Gasteiger partial charge in [0.1, 0.15) is 52.1 Å². The largest absolute Gasteiger partial charge is 0.510 e. The minimum Gasteiger partial charge on any atom is -0.510 e. The molecule has 208 valence electrons. The molecule has 8 nitrogen and oxygen atoms in total. The minimum absolute atomic E-state index is 0.0153. The van der Waals surface area contributed by atoms with Gasteiger partial charge in [0.05, 0.1) is 18.3 Å². The number of primary amides is 1. The fourth-order valence-electron chi connectivity index (χ4n) is 3.34. The molecule has 0 saturated heterocycles. The Morgan fingerprint density at radius 3 is 2.25 bits per heavy atom. The number of nitrogens with two attached hydrogens (primary N) is 1. The molecule has 2 aromatic carbocycles. The molecule has 1 aromatic heterocycles. The predicted octanol–water partition coefficient (Wildman–Crippen LogP) is 1.96. The number of hydrogen-bond donors (Lipinski definition) is 2.